The molecule has 0 radical (unpaired) electrons. The number of hydrogen-bond acceptors (Lipinski definition) is 2. The van der Waals surface area contributed by atoms with Crippen LogP contribution in [0.15, 0.2) is 35.4 Å². The molecule has 0 amide bonds. The van der Waals surface area contributed by atoms with E-state index in [-0.39, 0.29) is 11.2 Å². The molecule has 3 nitrogen and oxygen atoms in total. The van der Waals surface area contributed by atoms with Gasteiger partial charge in [-0.1, -0.05) is 6.07 Å². The predicted octanol–water partition coefficient (Wildman–Crippen LogP) is 1.99. The van der Waals surface area contributed by atoms with Crippen LogP contribution in [-0.2, 0) is 0 Å². The van der Waals surface area contributed by atoms with Gasteiger partial charge in [0.1, 0.15) is 0 Å². The minimum absolute atomic E-state index is 0.242. The second-order valence-corrected chi connectivity index (χ2v) is 3.63. The summed E-state index contributed by atoms with van der Waals surface area (Å²) in [5.41, 5.74) is 1.36. The molecule has 0 saturated heterocycles. The highest BCUT2D eigenvalue weighted by molar-refractivity contribution is 5.40. The topological polar surface area (TPSA) is 34.9 Å². The molecule has 16 heavy (non-hydrogen) atoms. The summed E-state index contributed by atoms with van der Waals surface area (Å²) in [5, 5.41) is 0. The molecule has 2 aromatic rings. The predicted molar refractivity (Wildman–Crippen MR) is 59.3 cm³/mol. The molecular weight excluding hydrogens is 207 g/mol. The first-order valence-corrected chi connectivity index (χ1v) is 4.90. The van der Waals surface area contributed by atoms with Gasteiger partial charge in [-0.2, -0.15) is 0 Å². The van der Waals surface area contributed by atoms with Crippen LogP contribution in [0.4, 0.5) is 4.39 Å². The maximum absolute atomic E-state index is 13.7. The number of pyridine rings is 2. The third-order valence-corrected chi connectivity index (χ3v) is 2.43. The zero-order valence-electron chi connectivity index (χ0n) is 9.07. The molecule has 0 fully saturated rings. The van der Waals surface area contributed by atoms with Gasteiger partial charge in [0, 0.05) is 18.0 Å². The second-order valence-electron chi connectivity index (χ2n) is 3.63. The van der Waals surface area contributed by atoms with Crippen molar-refractivity contribution >= 4 is 0 Å². The molecule has 0 saturated carbocycles. The monoisotopic (exact) mass is 218 g/mol. The molecule has 2 rings (SSSR count). The Bertz CT molecular complexity index is 570. The van der Waals surface area contributed by atoms with E-state index < -0.39 is 5.82 Å². The molecule has 2 aromatic heterocycles. The van der Waals surface area contributed by atoms with Crippen molar-refractivity contribution in [1.82, 2.24) is 9.55 Å². The Morgan fingerprint density at radius 2 is 2.00 bits per heavy atom. The van der Waals surface area contributed by atoms with Gasteiger partial charge in [-0.3, -0.25) is 14.3 Å². The van der Waals surface area contributed by atoms with Crippen LogP contribution >= 0.6 is 0 Å². The van der Waals surface area contributed by atoms with Crippen LogP contribution in [-0.4, -0.2) is 9.55 Å². The Balaban J connectivity index is 2.83. The maximum atomic E-state index is 13.7. The summed E-state index contributed by atoms with van der Waals surface area (Å²) < 4.78 is 15.0. The molecule has 0 aliphatic carbocycles. The lowest BCUT2D eigenvalue weighted by Gasteiger charge is -2.12. The average Bonchev–Trinajstić information content (AvgIpc) is 2.21. The molecular formula is C12H11FN2O. The fraction of sp³-hybridized carbons (Fsp3) is 0.167. The van der Waals surface area contributed by atoms with E-state index in [0.29, 0.717) is 11.3 Å². The fourth-order valence-electron chi connectivity index (χ4n) is 1.69. The lowest BCUT2D eigenvalue weighted by Crippen LogP contribution is -2.21. The molecule has 82 valence electrons. The maximum Gasteiger partial charge on any atom is 0.255 e. The second kappa shape index (κ2) is 3.89. The minimum Gasteiger partial charge on any atom is -0.278 e. The van der Waals surface area contributed by atoms with Gasteiger partial charge >= 0.3 is 0 Å². The van der Waals surface area contributed by atoms with Crippen LogP contribution in [0.5, 0.6) is 0 Å². The smallest absolute Gasteiger partial charge is 0.255 e. The van der Waals surface area contributed by atoms with Gasteiger partial charge in [-0.15, -0.1) is 0 Å². The Kier molecular flexibility index (Phi) is 2.56. The van der Waals surface area contributed by atoms with E-state index in [1.54, 1.807) is 26.0 Å². The van der Waals surface area contributed by atoms with Crippen LogP contribution < -0.4 is 5.56 Å². The summed E-state index contributed by atoms with van der Waals surface area (Å²) in [5.74, 6) is -0.489. The van der Waals surface area contributed by atoms with Crippen LogP contribution in [0.3, 0.4) is 0 Å². The van der Waals surface area contributed by atoms with Crippen molar-refractivity contribution in [3.8, 4) is 5.69 Å². The number of aromatic nitrogens is 2. The lowest BCUT2D eigenvalue weighted by molar-refractivity contribution is 0.606. The lowest BCUT2D eigenvalue weighted by atomic mass is 10.2. The number of hydrogen-bond donors (Lipinski definition) is 0. The summed E-state index contributed by atoms with van der Waals surface area (Å²) in [7, 11) is 0. The Morgan fingerprint density at radius 1 is 1.25 bits per heavy atom. The number of halogens is 1. The number of nitrogens with zero attached hydrogens (tertiary/aromatic N) is 2. The molecule has 0 spiro atoms. The largest absolute Gasteiger partial charge is 0.278 e. The van der Waals surface area contributed by atoms with Crippen molar-refractivity contribution in [2.45, 2.75) is 13.8 Å². The van der Waals surface area contributed by atoms with Gasteiger partial charge in [-0.05, 0) is 25.5 Å². The van der Waals surface area contributed by atoms with Crippen LogP contribution in [0, 0.1) is 19.7 Å². The number of rotatable bonds is 1. The first-order valence-electron chi connectivity index (χ1n) is 4.90. The summed E-state index contributed by atoms with van der Waals surface area (Å²) in [6.45, 7) is 3.49. The SMILES string of the molecule is Cc1cncc(F)c1-n1c(C)cccc1=O. The molecule has 0 unspecified atom stereocenters. The highest BCUT2D eigenvalue weighted by Gasteiger charge is 2.11. The average molecular weight is 218 g/mol. The van der Waals surface area contributed by atoms with E-state index >= 15 is 0 Å². The van der Waals surface area contributed by atoms with Gasteiger partial charge in [0.25, 0.3) is 5.56 Å². The molecule has 0 bridgehead atoms. The van der Waals surface area contributed by atoms with Crippen molar-refractivity contribution in [1.29, 1.82) is 0 Å². The molecule has 2 heterocycles. The Hall–Kier alpha value is -1.97. The van der Waals surface area contributed by atoms with Crippen molar-refractivity contribution in [3.05, 3.63) is 58.0 Å². The normalized spacial score (nSPS) is 10.4. The van der Waals surface area contributed by atoms with E-state index in [4.69, 9.17) is 0 Å². The molecule has 4 heteroatoms. The highest BCUT2D eigenvalue weighted by Crippen LogP contribution is 2.16. The zero-order valence-corrected chi connectivity index (χ0v) is 9.07. The summed E-state index contributed by atoms with van der Waals surface area (Å²) in [6, 6.07) is 4.83. The van der Waals surface area contributed by atoms with Gasteiger partial charge in [0.05, 0.1) is 11.9 Å². The van der Waals surface area contributed by atoms with Crippen molar-refractivity contribution < 1.29 is 4.39 Å². The van der Waals surface area contributed by atoms with Gasteiger partial charge in [0.15, 0.2) is 5.82 Å². The molecule has 0 aliphatic heterocycles. The standard InChI is InChI=1S/C12H11FN2O/c1-8-6-14-7-10(13)12(8)15-9(2)4-3-5-11(15)16/h3-7H,1-2H3. The van der Waals surface area contributed by atoms with Crippen molar-refractivity contribution in [2.24, 2.45) is 0 Å². The van der Waals surface area contributed by atoms with Crippen LogP contribution in [0.25, 0.3) is 5.69 Å². The minimum atomic E-state index is -0.489. The molecule has 0 aromatic carbocycles. The third kappa shape index (κ3) is 1.62. The highest BCUT2D eigenvalue weighted by atomic mass is 19.1. The summed E-state index contributed by atoms with van der Waals surface area (Å²) in [4.78, 5) is 15.5. The Morgan fingerprint density at radius 3 is 2.62 bits per heavy atom. The van der Waals surface area contributed by atoms with E-state index in [1.165, 1.54) is 16.8 Å². The first kappa shape index (κ1) is 10.5. The summed E-state index contributed by atoms with van der Waals surface area (Å²) in [6.07, 6.45) is 2.65. The first-order chi connectivity index (χ1) is 7.61. The molecule has 0 aliphatic rings. The van der Waals surface area contributed by atoms with Gasteiger partial charge in [0.2, 0.25) is 0 Å². The van der Waals surface area contributed by atoms with E-state index in [2.05, 4.69) is 4.98 Å². The van der Waals surface area contributed by atoms with Gasteiger partial charge in [-0.25, -0.2) is 4.39 Å². The van der Waals surface area contributed by atoms with Gasteiger partial charge < -0.3 is 0 Å². The molecule has 0 N–H and O–H groups in total. The molecule has 0 atom stereocenters. The third-order valence-electron chi connectivity index (χ3n) is 2.43. The fourth-order valence-corrected chi connectivity index (χ4v) is 1.69. The Labute approximate surface area is 92.2 Å². The number of aryl methyl sites for hydroxylation is 2. The quantitative estimate of drug-likeness (QED) is 0.733. The van der Waals surface area contributed by atoms with Crippen LogP contribution in [0.2, 0.25) is 0 Å². The summed E-state index contributed by atoms with van der Waals surface area (Å²) >= 11 is 0. The van der Waals surface area contributed by atoms with Crippen LogP contribution in [0.1, 0.15) is 11.3 Å². The van der Waals surface area contributed by atoms with E-state index in [0.717, 1.165) is 6.20 Å². The van der Waals surface area contributed by atoms with E-state index in [9.17, 15) is 9.18 Å². The zero-order chi connectivity index (χ0) is 11.7. The van der Waals surface area contributed by atoms with Crippen molar-refractivity contribution in [2.75, 3.05) is 0 Å². The van der Waals surface area contributed by atoms with Crippen molar-refractivity contribution in [3.63, 3.8) is 0 Å². The van der Waals surface area contributed by atoms with E-state index in [1.807, 2.05) is 0 Å².